The summed E-state index contributed by atoms with van der Waals surface area (Å²) >= 11 is 5.83. The molecular formula is C12H17ClN4O. The van der Waals surface area contributed by atoms with Gasteiger partial charge in [-0.25, -0.2) is 4.98 Å². The van der Waals surface area contributed by atoms with E-state index in [2.05, 4.69) is 27.1 Å². The third kappa shape index (κ3) is 3.10. The predicted molar refractivity (Wildman–Crippen MR) is 70.7 cm³/mol. The van der Waals surface area contributed by atoms with E-state index in [9.17, 15) is 4.79 Å². The molecule has 1 aromatic rings. The maximum absolute atomic E-state index is 11.1. The maximum Gasteiger partial charge on any atom is 0.217 e. The highest BCUT2D eigenvalue weighted by Gasteiger charge is 2.31. The molecule has 0 unspecified atom stereocenters. The van der Waals surface area contributed by atoms with Crippen LogP contribution in [0.5, 0.6) is 0 Å². The first-order valence-corrected chi connectivity index (χ1v) is 6.38. The lowest BCUT2D eigenvalue weighted by atomic mass is 9.89. The first kappa shape index (κ1) is 13.1. The van der Waals surface area contributed by atoms with Crippen LogP contribution in [0.15, 0.2) is 12.4 Å². The number of piperidine rings is 1. The Kier molecular flexibility index (Phi) is 3.71. The molecule has 1 N–H and O–H groups in total. The van der Waals surface area contributed by atoms with Crippen LogP contribution in [0.1, 0.15) is 26.7 Å². The molecule has 6 heteroatoms. The predicted octanol–water partition coefficient (Wildman–Crippen LogP) is 1.63. The van der Waals surface area contributed by atoms with Crippen molar-refractivity contribution in [3.05, 3.63) is 17.5 Å². The molecule has 0 aliphatic carbocycles. The van der Waals surface area contributed by atoms with Crippen molar-refractivity contribution >= 4 is 23.3 Å². The normalized spacial score (nSPS) is 18.5. The fraction of sp³-hybridized carbons (Fsp3) is 0.583. The Labute approximate surface area is 112 Å². The highest BCUT2D eigenvalue weighted by molar-refractivity contribution is 6.29. The van der Waals surface area contributed by atoms with E-state index in [0.29, 0.717) is 5.15 Å². The molecule has 98 valence electrons. The molecule has 18 heavy (non-hydrogen) atoms. The van der Waals surface area contributed by atoms with Crippen molar-refractivity contribution in [2.24, 2.45) is 0 Å². The van der Waals surface area contributed by atoms with Gasteiger partial charge in [0, 0.05) is 25.6 Å². The molecule has 1 fully saturated rings. The van der Waals surface area contributed by atoms with Gasteiger partial charge in [-0.05, 0) is 19.8 Å². The first-order chi connectivity index (χ1) is 8.48. The average Bonchev–Trinajstić information content (AvgIpc) is 2.28. The van der Waals surface area contributed by atoms with Crippen molar-refractivity contribution in [3.63, 3.8) is 0 Å². The van der Waals surface area contributed by atoms with Crippen LogP contribution in [0.4, 0.5) is 5.82 Å². The van der Waals surface area contributed by atoms with Crippen molar-refractivity contribution in [1.29, 1.82) is 0 Å². The van der Waals surface area contributed by atoms with Crippen LogP contribution in [0.2, 0.25) is 5.15 Å². The van der Waals surface area contributed by atoms with Crippen LogP contribution in [0.3, 0.4) is 0 Å². The summed E-state index contributed by atoms with van der Waals surface area (Å²) in [5, 5.41) is 3.42. The van der Waals surface area contributed by atoms with E-state index in [4.69, 9.17) is 11.6 Å². The summed E-state index contributed by atoms with van der Waals surface area (Å²) in [5.74, 6) is 0.820. The van der Waals surface area contributed by atoms with Gasteiger partial charge in [0.2, 0.25) is 5.91 Å². The van der Waals surface area contributed by atoms with Gasteiger partial charge in [0.05, 0.1) is 12.4 Å². The Hall–Kier alpha value is -1.36. The van der Waals surface area contributed by atoms with Gasteiger partial charge in [-0.2, -0.15) is 0 Å². The average molecular weight is 269 g/mol. The van der Waals surface area contributed by atoms with Crippen LogP contribution >= 0.6 is 11.6 Å². The molecule has 1 aliphatic rings. The Morgan fingerprint density at radius 2 is 2.11 bits per heavy atom. The molecule has 0 radical (unpaired) electrons. The number of rotatable bonds is 2. The topological polar surface area (TPSA) is 58.1 Å². The van der Waals surface area contributed by atoms with Crippen molar-refractivity contribution in [2.45, 2.75) is 32.2 Å². The van der Waals surface area contributed by atoms with E-state index in [1.54, 1.807) is 13.1 Å². The highest BCUT2D eigenvalue weighted by Crippen LogP contribution is 2.25. The summed E-state index contributed by atoms with van der Waals surface area (Å²) in [4.78, 5) is 21.6. The van der Waals surface area contributed by atoms with Crippen LogP contribution < -0.4 is 10.2 Å². The SMILES string of the molecule is CC(=O)NC1(C)CCN(c2cncc(Cl)n2)CC1. The highest BCUT2D eigenvalue weighted by atomic mass is 35.5. The smallest absolute Gasteiger partial charge is 0.217 e. The number of carbonyl (C=O) groups is 1. The minimum absolute atomic E-state index is 0.0218. The number of amides is 1. The summed E-state index contributed by atoms with van der Waals surface area (Å²) in [7, 11) is 0. The largest absolute Gasteiger partial charge is 0.355 e. The molecule has 0 saturated carbocycles. The van der Waals surface area contributed by atoms with Gasteiger partial charge < -0.3 is 10.2 Å². The molecule has 1 aliphatic heterocycles. The standard InChI is InChI=1S/C12H17ClN4O/c1-9(18)16-12(2)3-5-17(6-4-12)11-8-14-7-10(13)15-11/h7-8H,3-6H2,1-2H3,(H,16,18). The van der Waals surface area contributed by atoms with Gasteiger partial charge in [0.25, 0.3) is 0 Å². The van der Waals surface area contributed by atoms with Crippen molar-refractivity contribution in [3.8, 4) is 0 Å². The third-order valence-electron chi connectivity index (χ3n) is 3.26. The zero-order valence-electron chi connectivity index (χ0n) is 10.6. The Morgan fingerprint density at radius 3 is 2.67 bits per heavy atom. The molecule has 1 amide bonds. The zero-order valence-corrected chi connectivity index (χ0v) is 11.4. The van der Waals surface area contributed by atoms with Gasteiger partial charge in [-0.3, -0.25) is 9.78 Å². The lowest BCUT2D eigenvalue weighted by molar-refractivity contribution is -0.120. The Morgan fingerprint density at radius 1 is 1.44 bits per heavy atom. The monoisotopic (exact) mass is 268 g/mol. The van der Waals surface area contributed by atoms with Crippen LogP contribution in [0, 0.1) is 0 Å². The van der Waals surface area contributed by atoms with E-state index < -0.39 is 0 Å². The zero-order chi connectivity index (χ0) is 13.2. The second-order valence-corrected chi connectivity index (χ2v) is 5.32. The maximum atomic E-state index is 11.1. The molecule has 0 atom stereocenters. The number of anilines is 1. The molecule has 0 aromatic carbocycles. The second-order valence-electron chi connectivity index (χ2n) is 4.93. The minimum Gasteiger partial charge on any atom is -0.355 e. The van der Waals surface area contributed by atoms with Crippen LogP contribution in [-0.2, 0) is 4.79 Å². The number of hydrogen-bond acceptors (Lipinski definition) is 4. The summed E-state index contributed by atoms with van der Waals surface area (Å²) in [5.41, 5.74) is -0.117. The van der Waals surface area contributed by atoms with Crippen molar-refractivity contribution < 1.29 is 4.79 Å². The fourth-order valence-corrected chi connectivity index (χ4v) is 2.41. The lowest BCUT2D eigenvalue weighted by Crippen LogP contribution is -2.53. The molecule has 2 rings (SSSR count). The third-order valence-corrected chi connectivity index (χ3v) is 3.44. The summed E-state index contributed by atoms with van der Waals surface area (Å²) in [6.45, 7) is 5.31. The lowest BCUT2D eigenvalue weighted by Gasteiger charge is -2.40. The number of carbonyl (C=O) groups excluding carboxylic acids is 1. The van der Waals surface area contributed by atoms with Crippen LogP contribution in [-0.4, -0.2) is 34.5 Å². The molecule has 5 nitrogen and oxygen atoms in total. The van der Waals surface area contributed by atoms with E-state index in [-0.39, 0.29) is 11.4 Å². The number of aromatic nitrogens is 2. The minimum atomic E-state index is -0.117. The first-order valence-electron chi connectivity index (χ1n) is 6.00. The second kappa shape index (κ2) is 5.10. The van der Waals surface area contributed by atoms with E-state index in [1.165, 1.54) is 6.20 Å². The summed E-state index contributed by atoms with van der Waals surface area (Å²) < 4.78 is 0. The number of hydrogen-bond donors (Lipinski definition) is 1. The van der Waals surface area contributed by atoms with E-state index >= 15 is 0 Å². The molecule has 2 heterocycles. The molecular weight excluding hydrogens is 252 g/mol. The number of halogens is 1. The number of nitrogens with zero attached hydrogens (tertiary/aromatic N) is 3. The molecule has 0 bridgehead atoms. The van der Waals surface area contributed by atoms with Gasteiger partial charge in [-0.1, -0.05) is 11.6 Å². The quantitative estimate of drug-likeness (QED) is 0.886. The van der Waals surface area contributed by atoms with Crippen molar-refractivity contribution in [1.82, 2.24) is 15.3 Å². The summed E-state index contributed by atoms with van der Waals surface area (Å²) in [6, 6.07) is 0. The Balaban J connectivity index is 2.00. The van der Waals surface area contributed by atoms with Gasteiger partial charge in [0.1, 0.15) is 11.0 Å². The van der Waals surface area contributed by atoms with Gasteiger partial charge in [-0.15, -0.1) is 0 Å². The summed E-state index contributed by atoms with van der Waals surface area (Å²) in [6.07, 6.45) is 5.02. The van der Waals surface area contributed by atoms with Crippen molar-refractivity contribution in [2.75, 3.05) is 18.0 Å². The van der Waals surface area contributed by atoms with E-state index in [1.807, 2.05) is 0 Å². The van der Waals surface area contributed by atoms with Gasteiger partial charge >= 0.3 is 0 Å². The molecule has 1 aromatic heterocycles. The van der Waals surface area contributed by atoms with Crippen LogP contribution in [0.25, 0.3) is 0 Å². The molecule has 1 saturated heterocycles. The van der Waals surface area contributed by atoms with Gasteiger partial charge in [0.15, 0.2) is 0 Å². The molecule has 0 spiro atoms. The fourth-order valence-electron chi connectivity index (χ4n) is 2.26. The number of nitrogens with one attached hydrogen (secondary N) is 1. The Bertz CT molecular complexity index is 443. The van der Waals surface area contributed by atoms with E-state index in [0.717, 1.165) is 31.7 Å².